The van der Waals surface area contributed by atoms with E-state index < -0.39 is 5.97 Å². The molecule has 0 spiro atoms. The molecule has 0 aliphatic carbocycles. The van der Waals surface area contributed by atoms with Gasteiger partial charge in [-0.05, 0) is 32.3 Å². The topological polar surface area (TPSA) is 102 Å². The summed E-state index contributed by atoms with van der Waals surface area (Å²) in [6.45, 7) is 4.62. The van der Waals surface area contributed by atoms with Gasteiger partial charge in [-0.25, -0.2) is 9.78 Å². The number of amides is 1. The number of aromatic amines is 2. The lowest BCUT2D eigenvalue weighted by molar-refractivity contribution is 0.0693. The Labute approximate surface area is 133 Å². The minimum atomic E-state index is -1.01. The third-order valence-corrected chi connectivity index (χ3v) is 4.48. The van der Waals surface area contributed by atoms with E-state index in [9.17, 15) is 14.7 Å². The normalized spacial score (nSPS) is 18.2. The molecule has 0 aromatic carbocycles. The van der Waals surface area contributed by atoms with Crippen molar-refractivity contribution in [1.29, 1.82) is 0 Å². The summed E-state index contributed by atoms with van der Waals surface area (Å²) >= 11 is 0. The number of carboxylic acids is 1. The standard InChI is InChI=1S/C16H20N4O3/c1-9-12(16(22)23)10(2)19-13(9)15(21)20-7-3-4-11(8-20)14-17-5-6-18-14/h5-6,11,19H,3-4,7-8H2,1-2H3,(H,17,18)(H,22,23)/t11-/m1/s1. The Bertz CT molecular complexity index is 733. The van der Waals surface area contributed by atoms with Crippen molar-refractivity contribution in [1.82, 2.24) is 19.9 Å². The molecule has 1 aliphatic rings. The second-order valence-corrected chi connectivity index (χ2v) is 5.99. The molecule has 0 radical (unpaired) electrons. The molecule has 7 heteroatoms. The lowest BCUT2D eigenvalue weighted by Gasteiger charge is -2.31. The van der Waals surface area contributed by atoms with Gasteiger partial charge in [-0.1, -0.05) is 0 Å². The first-order chi connectivity index (χ1) is 11.0. The second kappa shape index (κ2) is 5.91. The second-order valence-electron chi connectivity index (χ2n) is 5.99. The molecule has 2 aromatic rings. The molecular weight excluding hydrogens is 296 g/mol. The first kappa shape index (κ1) is 15.3. The number of piperidine rings is 1. The highest BCUT2D eigenvalue weighted by atomic mass is 16.4. The van der Waals surface area contributed by atoms with Gasteiger partial charge in [-0.2, -0.15) is 0 Å². The van der Waals surface area contributed by atoms with Crippen LogP contribution in [0.2, 0.25) is 0 Å². The Morgan fingerprint density at radius 3 is 2.78 bits per heavy atom. The number of nitrogens with zero attached hydrogens (tertiary/aromatic N) is 2. The number of likely N-dealkylation sites (tertiary alicyclic amines) is 1. The maximum atomic E-state index is 12.8. The highest BCUT2D eigenvalue weighted by Crippen LogP contribution is 2.27. The smallest absolute Gasteiger partial charge is 0.337 e. The number of hydrogen-bond acceptors (Lipinski definition) is 3. The van der Waals surface area contributed by atoms with Crippen molar-refractivity contribution in [3.63, 3.8) is 0 Å². The molecule has 3 rings (SSSR count). The van der Waals surface area contributed by atoms with Crippen LogP contribution in [0, 0.1) is 13.8 Å². The van der Waals surface area contributed by atoms with E-state index in [0.717, 1.165) is 18.7 Å². The summed E-state index contributed by atoms with van der Waals surface area (Å²) in [6.07, 6.45) is 5.39. The molecule has 122 valence electrons. The highest BCUT2D eigenvalue weighted by molar-refractivity contribution is 6.00. The fourth-order valence-electron chi connectivity index (χ4n) is 3.33. The number of H-pyrrole nitrogens is 2. The Kier molecular flexibility index (Phi) is 3.94. The lowest BCUT2D eigenvalue weighted by atomic mass is 9.97. The monoisotopic (exact) mass is 316 g/mol. The summed E-state index contributed by atoms with van der Waals surface area (Å²) in [4.78, 5) is 36.2. The highest BCUT2D eigenvalue weighted by Gasteiger charge is 2.30. The molecule has 1 aliphatic heterocycles. The van der Waals surface area contributed by atoms with Gasteiger partial charge in [0.05, 0.1) is 5.56 Å². The van der Waals surface area contributed by atoms with Crippen LogP contribution in [0.4, 0.5) is 0 Å². The Balaban J connectivity index is 1.83. The SMILES string of the molecule is Cc1[nH]c(C(=O)N2CCC[C@@H](c3ncc[nH]3)C2)c(C)c1C(=O)O. The van der Waals surface area contributed by atoms with Gasteiger partial charge in [0.15, 0.2) is 0 Å². The van der Waals surface area contributed by atoms with Gasteiger partial charge in [0.25, 0.3) is 5.91 Å². The molecule has 1 saturated heterocycles. The lowest BCUT2D eigenvalue weighted by Crippen LogP contribution is -2.39. The molecule has 1 fully saturated rings. The maximum absolute atomic E-state index is 12.8. The zero-order chi connectivity index (χ0) is 16.6. The third-order valence-electron chi connectivity index (χ3n) is 4.48. The van der Waals surface area contributed by atoms with Crippen molar-refractivity contribution in [2.45, 2.75) is 32.6 Å². The van der Waals surface area contributed by atoms with Crippen molar-refractivity contribution in [3.8, 4) is 0 Å². The van der Waals surface area contributed by atoms with E-state index >= 15 is 0 Å². The zero-order valence-corrected chi connectivity index (χ0v) is 13.2. The Morgan fingerprint density at radius 2 is 2.17 bits per heavy atom. The predicted molar refractivity (Wildman–Crippen MR) is 83.7 cm³/mol. The molecule has 23 heavy (non-hydrogen) atoms. The molecule has 2 aromatic heterocycles. The zero-order valence-electron chi connectivity index (χ0n) is 13.2. The van der Waals surface area contributed by atoms with Gasteiger partial charge >= 0.3 is 5.97 Å². The summed E-state index contributed by atoms with van der Waals surface area (Å²) in [5.74, 6) is -0.0668. The van der Waals surface area contributed by atoms with Crippen LogP contribution in [0.25, 0.3) is 0 Å². The maximum Gasteiger partial charge on any atom is 0.337 e. The van der Waals surface area contributed by atoms with E-state index in [1.807, 2.05) is 0 Å². The van der Waals surface area contributed by atoms with Crippen LogP contribution in [0.5, 0.6) is 0 Å². The first-order valence-electron chi connectivity index (χ1n) is 7.70. The van der Waals surface area contributed by atoms with Gasteiger partial charge in [0.2, 0.25) is 0 Å². The van der Waals surface area contributed by atoms with Crippen molar-refractivity contribution in [2.75, 3.05) is 13.1 Å². The predicted octanol–water partition coefficient (Wildman–Crippen LogP) is 2.07. The average Bonchev–Trinajstić information content (AvgIpc) is 3.15. The molecule has 3 heterocycles. The van der Waals surface area contributed by atoms with Gasteiger partial charge in [-0.3, -0.25) is 4.79 Å². The van der Waals surface area contributed by atoms with Crippen LogP contribution < -0.4 is 0 Å². The number of aromatic nitrogens is 3. The van der Waals surface area contributed by atoms with Crippen molar-refractivity contribution in [3.05, 3.63) is 40.7 Å². The summed E-state index contributed by atoms with van der Waals surface area (Å²) in [6, 6.07) is 0. The number of imidazole rings is 1. The number of rotatable bonds is 3. The fraction of sp³-hybridized carbons (Fsp3) is 0.438. The largest absolute Gasteiger partial charge is 0.478 e. The molecule has 3 N–H and O–H groups in total. The number of hydrogen-bond donors (Lipinski definition) is 3. The van der Waals surface area contributed by atoms with Crippen LogP contribution in [0.15, 0.2) is 12.4 Å². The first-order valence-corrected chi connectivity index (χ1v) is 7.70. The van der Waals surface area contributed by atoms with E-state index in [-0.39, 0.29) is 17.4 Å². The molecule has 1 amide bonds. The summed E-state index contributed by atoms with van der Waals surface area (Å²) < 4.78 is 0. The van der Waals surface area contributed by atoms with Crippen molar-refractivity contribution >= 4 is 11.9 Å². The van der Waals surface area contributed by atoms with Gasteiger partial charge < -0.3 is 20.0 Å². The summed E-state index contributed by atoms with van der Waals surface area (Å²) in [5, 5.41) is 9.26. The number of carboxylic acid groups (broad SMARTS) is 1. The minimum absolute atomic E-state index is 0.144. The van der Waals surface area contributed by atoms with Crippen LogP contribution in [-0.2, 0) is 0 Å². The van der Waals surface area contributed by atoms with E-state index in [4.69, 9.17) is 0 Å². The Hall–Kier alpha value is -2.57. The van der Waals surface area contributed by atoms with Crippen LogP contribution in [0.1, 0.15) is 56.7 Å². The number of aromatic carboxylic acids is 1. The van der Waals surface area contributed by atoms with E-state index in [0.29, 0.717) is 30.0 Å². The Morgan fingerprint density at radius 1 is 1.39 bits per heavy atom. The average molecular weight is 316 g/mol. The number of carbonyl (C=O) groups excluding carboxylic acids is 1. The number of aryl methyl sites for hydroxylation is 1. The molecule has 0 unspecified atom stereocenters. The molecule has 0 bridgehead atoms. The molecular formula is C16H20N4O3. The minimum Gasteiger partial charge on any atom is -0.478 e. The summed E-state index contributed by atoms with van der Waals surface area (Å²) in [5.41, 5.74) is 1.58. The number of carbonyl (C=O) groups is 2. The van der Waals surface area contributed by atoms with Gasteiger partial charge in [0.1, 0.15) is 11.5 Å². The quantitative estimate of drug-likeness (QED) is 0.806. The third kappa shape index (κ3) is 2.74. The molecule has 0 saturated carbocycles. The number of nitrogens with one attached hydrogen (secondary N) is 2. The van der Waals surface area contributed by atoms with Crippen LogP contribution >= 0.6 is 0 Å². The van der Waals surface area contributed by atoms with E-state index in [2.05, 4.69) is 15.0 Å². The fourth-order valence-corrected chi connectivity index (χ4v) is 3.33. The van der Waals surface area contributed by atoms with Crippen molar-refractivity contribution in [2.24, 2.45) is 0 Å². The molecule has 1 atom stereocenters. The van der Waals surface area contributed by atoms with Gasteiger partial charge in [0, 0.05) is 37.1 Å². The van der Waals surface area contributed by atoms with Crippen LogP contribution in [-0.4, -0.2) is 49.9 Å². The van der Waals surface area contributed by atoms with E-state index in [1.54, 1.807) is 31.1 Å². The van der Waals surface area contributed by atoms with E-state index in [1.165, 1.54) is 0 Å². The molecule has 7 nitrogen and oxygen atoms in total. The van der Waals surface area contributed by atoms with Crippen LogP contribution in [0.3, 0.4) is 0 Å². The van der Waals surface area contributed by atoms with Gasteiger partial charge in [-0.15, -0.1) is 0 Å². The van der Waals surface area contributed by atoms with Crippen molar-refractivity contribution < 1.29 is 14.7 Å². The summed E-state index contributed by atoms with van der Waals surface area (Å²) in [7, 11) is 0.